The Morgan fingerprint density at radius 3 is 2.71 bits per heavy atom. The van der Waals surface area contributed by atoms with Gasteiger partial charge in [-0.2, -0.15) is 0 Å². The van der Waals surface area contributed by atoms with Crippen LogP contribution < -0.4 is 5.32 Å². The molecule has 0 saturated heterocycles. The zero-order chi connectivity index (χ0) is 15.2. The van der Waals surface area contributed by atoms with Gasteiger partial charge in [-0.25, -0.2) is 4.39 Å². The van der Waals surface area contributed by atoms with E-state index in [1.54, 1.807) is 0 Å². The maximum atomic E-state index is 13.2. The van der Waals surface area contributed by atoms with E-state index in [1.165, 1.54) is 23.3 Å². The minimum Gasteiger partial charge on any atom is -0.310 e. The van der Waals surface area contributed by atoms with Crippen molar-refractivity contribution in [2.45, 2.75) is 32.7 Å². The molecule has 0 fully saturated rings. The molecular weight excluding hydrogens is 331 g/mol. The Kier molecular flexibility index (Phi) is 5.88. The van der Waals surface area contributed by atoms with Gasteiger partial charge in [-0.15, -0.1) is 0 Å². The molecule has 0 bridgehead atoms. The molecule has 1 atom stereocenters. The smallest absolute Gasteiger partial charge is 0.124 e. The zero-order valence-corrected chi connectivity index (χ0v) is 14.0. The van der Waals surface area contributed by atoms with Gasteiger partial charge < -0.3 is 5.32 Å². The fourth-order valence-electron chi connectivity index (χ4n) is 2.52. The van der Waals surface area contributed by atoms with Crippen molar-refractivity contribution in [2.24, 2.45) is 0 Å². The molecular formula is C17H20BrFN2. The Balaban J connectivity index is 2.30. The highest BCUT2D eigenvalue weighted by Gasteiger charge is 2.16. The van der Waals surface area contributed by atoms with Crippen LogP contribution >= 0.6 is 15.9 Å². The first-order valence-corrected chi connectivity index (χ1v) is 8.05. The number of hydrogen-bond acceptors (Lipinski definition) is 2. The molecule has 0 spiro atoms. The predicted molar refractivity (Wildman–Crippen MR) is 87.8 cm³/mol. The van der Waals surface area contributed by atoms with Crippen LogP contribution in [0.1, 0.15) is 36.6 Å². The van der Waals surface area contributed by atoms with Gasteiger partial charge in [0.2, 0.25) is 0 Å². The summed E-state index contributed by atoms with van der Waals surface area (Å²) in [6, 6.07) is 7.15. The summed E-state index contributed by atoms with van der Waals surface area (Å²) in [6.45, 7) is 5.12. The number of likely N-dealkylation sites (N-methyl/N-ethyl adjacent to an activating group) is 1. The molecule has 2 nitrogen and oxygen atoms in total. The van der Waals surface area contributed by atoms with E-state index < -0.39 is 0 Å². The number of nitrogens with zero attached hydrogens (tertiary/aromatic N) is 1. The standard InChI is InChI=1S/C17H20BrFN2/c1-3-12-11-20-8-7-15(12)17(21-4-2)9-13-5-6-14(19)10-16(13)18/h5-8,10-11,17,21H,3-4,9H2,1-2H3. The minimum absolute atomic E-state index is 0.203. The van der Waals surface area contributed by atoms with Crippen LogP contribution in [-0.2, 0) is 12.8 Å². The van der Waals surface area contributed by atoms with E-state index >= 15 is 0 Å². The van der Waals surface area contributed by atoms with Crippen molar-refractivity contribution in [1.29, 1.82) is 0 Å². The Bertz CT molecular complexity index is 601. The SMILES string of the molecule is CCNC(Cc1ccc(F)cc1Br)c1ccncc1CC. The highest BCUT2D eigenvalue weighted by atomic mass is 79.9. The highest BCUT2D eigenvalue weighted by Crippen LogP contribution is 2.26. The fourth-order valence-corrected chi connectivity index (χ4v) is 3.03. The quantitative estimate of drug-likeness (QED) is 0.832. The molecule has 112 valence electrons. The molecule has 0 radical (unpaired) electrons. The molecule has 0 aliphatic carbocycles. The van der Waals surface area contributed by atoms with Gasteiger partial charge in [0.1, 0.15) is 5.82 Å². The van der Waals surface area contributed by atoms with Crippen LogP contribution in [0.25, 0.3) is 0 Å². The molecule has 0 amide bonds. The molecule has 0 aliphatic heterocycles. The van der Waals surface area contributed by atoms with Crippen LogP contribution in [-0.4, -0.2) is 11.5 Å². The van der Waals surface area contributed by atoms with E-state index in [9.17, 15) is 4.39 Å². The topological polar surface area (TPSA) is 24.9 Å². The lowest BCUT2D eigenvalue weighted by Crippen LogP contribution is -2.24. The van der Waals surface area contributed by atoms with Crippen molar-refractivity contribution in [3.8, 4) is 0 Å². The van der Waals surface area contributed by atoms with E-state index in [0.29, 0.717) is 0 Å². The first kappa shape index (κ1) is 16.1. The predicted octanol–water partition coefficient (Wildman–Crippen LogP) is 4.44. The number of hydrogen-bond donors (Lipinski definition) is 1. The van der Waals surface area contributed by atoms with Gasteiger partial charge in [0.05, 0.1) is 0 Å². The Hall–Kier alpha value is -1.26. The van der Waals surface area contributed by atoms with Crippen molar-refractivity contribution in [3.63, 3.8) is 0 Å². The summed E-state index contributed by atoms with van der Waals surface area (Å²) >= 11 is 3.45. The molecule has 0 aliphatic rings. The third kappa shape index (κ3) is 4.11. The molecule has 4 heteroatoms. The largest absolute Gasteiger partial charge is 0.310 e. The first-order chi connectivity index (χ1) is 10.2. The summed E-state index contributed by atoms with van der Waals surface area (Å²) in [5.74, 6) is -0.219. The Morgan fingerprint density at radius 1 is 1.24 bits per heavy atom. The van der Waals surface area contributed by atoms with Crippen LogP contribution in [0.15, 0.2) is 41.1 Å². The van der Waals surface area contributed by atoms with Gasteiger partial charge in [-0.3, -0.25) is 4.98 Å². The van der Waals surface area contributed by atoms with Gasteiger partial charge in [-0.1, -0.05) is 35.8 Å². The monoisotopic (exact) mass is 350 g/mol. The number of nitrogens with one attached hydrogen (secondary N) is 1. The van der Waals surface area contributed by atoms with Crippen molar-refractivity contribution in [1.82, 2.24) is 10.3 Å². The van der Waals surface area contributed by atoms with Crippen LogP contribution in [0.2, 0.25) is 0 Å². The first-order valence-electron chi connectivity index (χ1n) is 7.25. The van der Waals surface area contributed by atoms with E-state index in [-0.39, 0.29) is 11.9 Å². The van der Waals surface area contributed by atoms with Gasteiger partial charge in [0, 0.05) is 22.9 Å². The van der Waals surface area contributed by atoms with Crippen molar-refractivity contribution < 1.29 is 4.39 Å². The average Bonchev–Trinajstić information content (AvgIpc) is 2.49. The van der Waals surface area contributed by atoms with E-state index in [2.05, 4.69) is 46.1 Å². The van der Waals surface area contributed by atoms with Crippen LogP contribution in [0.3, 0.4) is 0 Å². The van der Waals surface area contributed by atoms with E-state index in [1.807, 2.05) is 18.5 Å². The summed E-state index contributed by atoms with van der Waals surface area (Å²) in [4.78, 5) is 4.21. The molecule has 1 heterocycles. The number of halogens is 2. The van der Waals surface area contributed by atoms with Crippen LogP contribution in [0.4, 0.5) is 4.39 Å². The second kappa shape index (κ2) is 7.66. The average molecular weight is 351 g/mol. The minimum atomic E-state index is -0.219. The zero-order valence-electron chi connectivity index (χ0n) is 12.4. The molecule has 0 saturated carbocycles. The third-order valence-corrected chi connectivity index (χ3v) is 4.33. The van der Waals surface area contributed by atoms with Gasteiger partial charge in [0.15, 0.2) is 0 Å². The molecule has 21 heavy (non-hydrogen) atoms. The summed E-state index contributed by atoms with van der Waals surface area (Å²) in [6.07, 6.45) is 5.53. The van der Waals surface area contributed by atoms with Crippen LogP contribution in [0, 0.1) is 5.82 Å². The van der Waals surface area contributed by atoms with E-state index in [4.69, 9.17) is 0 Å². The summed E-state index contributed by atoms with van der Waals surface area (Å²) in [5.41, 5.74) is 3.62. The summed E-state index contributed by atoms with van der Waals surface area (Å²) in [7, 11) is 0. The third-order valence-electron chi connectivity index (χ3n) is 3.59. The fraction of sp³-hybridized carbons (Fsp3) is 0.353. The summed E-state index contributed by atoms with van der Waals surface area (Å²) in [5, 5.41) is 3.52. The van der Waals surface area contributed by atoms with Gasteiger partial charge >= 0.3 is 0 Å². The Labute approximate surface area is 133 Å². The number of rotatable bonds is 6. The molecule has 1 aromatic heterocycles. The maximum absolute atomic E-state index is 13.2. The normalized spacial score (nSPS) is 12.4. The molecule has 1 N–H and O–H groups in total. The number of aryl methyl sites for hydroxylation is 1. The maximum Gasteiger partial charge on any atom is 0.124 e. The number of pyridine rings is 1. The lowest BCUT2D eigenvalue weighted by Gasteiger charge is -2.21. The molecule has 1 unspecified atom stereocenters. The lowest BCUT2D eigenvalue weighted by atomic mass is 9.95. The Morgan fingerprint density at radius 2 is 2.05 bits per heavy atom. The second-order valence-corrected chi connectivity index (χ2v) is 5.83. The van der Waals surface area contributed by atoms with Crippen molar-refractivity contribution >= 4 is 15.9 Å². The van der Waals surface area contributed by atoms with Gasteiger partial charge in [-0.05, 0) is 54.3 Å². The molecule has 1 aromatic carbocycles. The highest BCUT2D eigenvalue weighted by molar-refractivity contribution is 9.10. The lowest BCUT2D eigenvalue weighted by molar-refractivity contribution is 0.543. The van der Waals surface area contributed by atoms with Crippen molar-refractivity contribution in [3.05, 3.63) is 63.6 Å². The molecule has 2 rings (SSSR count). The van der Waals surface area contributed by atoms with Gasteiger partial charge in [0.25, 0.3) is 0 Å². The number of benzene rings is 1. The van der Waals surface area contributed by atoms with Crippen LogP contribution in [0.5, 0.6) is 0 Å². The second-order valence-electron chi connectivity index (χ2n) is 4.98. The molecule has 2 aromatic rings. The summed E-state index contributed by atoms with van der Waals surface area (Å²) < 4.78 is 14.0. The van der Waals surface area contributed by atoms with E-state index in [0.717, 1.165) is 29.4 Å². The number of aromatic nitrogens is 1. The van der Waals surface area contributed by atoms with Crippen molar-refractivity contribution in [2.75, 3.05) is 6.54 Å².